The number of carbonyl (C=O) groups is 2. The Labute approximate surface area is 428 Å². The monoisotopic (exact) mass is 1010 g/mol. The standard InChI is InChI=1S/C54H61N11O7S/c1-32(2)50(54(69)64-29-41(66)22-45(64)53(68)58-33(3)36-11-13-37(14-12-36)51-34(4)57-31-73-51)47-24-49(61-72-47)70-20-8-7-19-62-25-35(26-62)30-71-48-21-38(17-18-56-48)65-39-15-16-40(65)28-63(27-39)44-23-43(59-60-52(44)55)42-9-5-6-10-46(42)67/h5-6,9-14,17-18,21,23-24,31-33,35,39-41,45,50,66-67H,15-16,19-20,22,25-30H2,1-4H3,(H2,55,60)(H,58,68)/t33-,39?,40?,41+,45-,50+/m0/s1. The van der Waals surface area contributed by atoms with E-state index in [1.54, 1.807) is 29.5 Å². The highest BCUT2D eigenvalue weighted by Gasteiger charge is 2.44. The molecule has 2 amide bonds. The summed E-state index contributed by atoms with van der Waals surface area (Å²) in [4.78, 5) is 46.4. The summed E-state index contributed by atoms with van der Waals surface area (Å²) in [5, 5.41) is 36.8. The number of pyridine rings is 1. The van der Waals surface area contributed by atoms with E-state index in [2.05, 4.69) is 63.2 Å². The number of aromatic hydroxyl groups is 1. The minimum atomic E-state index is -0.843. The highest BCUT2D eigenvalue weighted by molar-refractivity contribution is 7.13. The minimum absolute atomic E-state index is 0.0381. The number of likely N-dealkylation sites (tertiary alicyclic amines) is 2. The Balaban J connectivity index is 0.661. The number of aromatic nitrogens is 5. The Morgan fingerprint density at radius 3 is 2.45 bits per heavy atom. The van der Waals surface area contributed by atoms with Crippen molar-refractivity contribution in [2.45, 2.75) is 83.1 Å². The van der Waals surface area contributed by atoms with Crippen LogP contribution in [-0.4, -0.2) is 134 Å². The molecule has 10 rings (SSSR count). The minimum Gasteiger partial charge on any atom is -0.507 e. The molecule has 0 aliphatic carbocycles. The number of aliphatic hydroxyl groups is 1. The number of nitrogens with one attached hydrogen (secondary N) is 1. The number of hydrogen-bond donors (Lipinski definition) is 4. The molecule has 2 bridgehead atoms. The number of piperazine rings is 1. The van der Waals surface area contributed by atoms with Crippen LogP contribution in [0.2, 0.25) is 0 Å². The van der Waals surface area contributed by atoms with Crippen LogP contribution in [-0.2, 0) is 9.59 Å². The van der Waals surface area contributed by atoms with Crippen molar-refractivity contribution in [2.24, 2.45) is 11.8 Å². The molecule has 4 saturated heterocycles. The van der Waals surface area contributed by atoms with Gasteiger partial charge in [0, 0.05) is 86.7 Å². The van der Waals surface area contributed by atoms with Crippen LogP contribution in [0.1, 0.15) is 69.0 Å². The number of β-amino-alcohol motifs (C(OH)–C–C–N with tert-alkyl or cyclic N) is 1. The fraction of sp³-hybridized carbons (Fsp3) is 0.426. The number of aryl methyl sites for hydroxylation is 1. The lowest BCUT2D eigenvalue weighted by molar-refractivity contribution is -0.141. The van der Waals surface area contributed by atoms with Gasteiger partial charge in [-0.25, -0.2) is 9.97 Å². The van der Waals surface area contributed by atoms with E-state index in [1.807, 2.05) is 87.9 Å². The van der Waals surface area contributed by atoms with Crippen molar-refractivity contribution >= 4 is 40.3 Å². The number of nitrogen functional groups attached to an aromatic ring is 1. The first-order chi connectivity index (χ1) is 35.4. The number of aliphatic hydroxyl groups excluding tert-OH is 1. The van der Waals surface area contributed by atoms with Gasteiger partial charge in [-0.3, -0.25) is 14.5 Å². The van der Waals surface area contributed by atoms with Gasteiger partial charge in [-0.2, -0.15) is 0 Å². The molecule has 18 nitrogen and oxygen atoms in total. The molecule has 4 aromatic heterocycles. The Bertz CT molecular complexity index is 2970. The number of benzene rings is 2. The molecule has 5 N–H and O–H groups in total. The van der Waals surface area contributed by atoms with Gasteiger partial charge in [-0.1, -0.05) is 62.1 Å². The van der Waals surface area contributed by atoms with Gasteiger partial charge in [0.2, 0.25) is 17.7 Å². The van der Waals surface area contributed by atoms with Gasteiger partial charge in [0.25, 0.3) is 5.88 Å². The zero-order valence-corrected chi connectivity index (χ0v) is 42.2. The summed E-state index contributed by atoms with van der Waals surface area (Å²) in [6.07, 6.45) is 3.23. The van der Waals surface area contributed by atoms with Crippen LogP contribution in [0.25, 0.3) is 21.7 Å². The summed E-state index contributed by atoms with van der Waals surface area (Å²) < 4.78 is 17.7. The lowest BCUT2D eigenvalue weighted by Gasteiger charge is -2.43. The zero-order valence-electron chi connectivity index (χ0n) is 41.4. The molecule has 73 heavy (non-hydrogen) atoms. The number of para-hydroxylation sites is 1. The first-order valence-corrected chi connectivity index (χ1v) is 25.8. The molecule has 4 aliphatic heterocycles. The summed E-state index contributed by atoms with van der Waals surface area (Å²) in [6, 6.07) is 22.1. The van der Waals surface area contributed by atoms with E-state index in [1.165, 1.54) is 4.90 Å². The number of carbonyl (C=O) groups excluding carboxylic acids is 2. The molecular weight excluding hydrogens is 947 g/mol. The molecule has 380 valence electrons. The number of phenols is 1. The third-order valence-corrected chi connectivity index (χ3v) is 15.4. The molecule has 2 aromatic carbocycles. The topological polar surface area (TPSA) is 222 Å². The Hall–Kier alpha value is -7.27. The van der Waals surface area contributed by atoms with Crippen molar-refractivity contribution in [1.82, 2.24) is 40.4 Å². The van der Waals surface area contributed by atoms with Gasteiger partial charge in [-0.15, -0.1) is 21.5 Å². The maximum absolute atomic E-state index is 14.2. The van der Waals surface area contributed by atoms with E-state index < -0.39 is 18.1 Å². The molecule has 2 unspecified atom stereocenters. The molecule has 19 heteroatoms. The number of fused-ring (bicyclic) bond motifs is 2. The van der Waals surface area contributed by atoms with Gasteiger partial charge in [0.1, 0.15) is 17.7 Å². The lowest BCUT2D eigenvalue weighted by atomic mass is 9.91. The quantitative estimate of drug-likeness (QED) is 0.0808. The van der Waals surface area contributed by atoms with E-state index >= 15 is 0 Å². The maximum atomic E-state index is 14.2. The second-order valence-electron chi connectivity index (χ2n) is 19.9. The third-order valence-electron chi connectivity index (χ3n) is 14.4. The van der Waals surface area contributed by atoms with Crippen molar-refractivity contribution in [3.8, 4) is 51.0 Å². The van der Waals surface area contributed by atoms with Crippen molar-refractivity contribution in [1.29, 1.82) is 0 Å². The zero-order chi connectivity index (χ0) is 50.8. The predicted octanol–water partition coefficient (Wildman–Crippen LogP) is 6.08. The number of ether oxygens (including phenoxy) is 2. The Morgan fingerprint density at radius 2 is 1.71 bits per heavy atom. The lowest BCUT2D eigenvalue weighted by Crippen LogP contribution is -2.54. The second-order valence-corrected chi connectivity index (χ2v) is 20.7. The molecule has 0 saturated carbocycles. The average molecular weight is 1010 g/mol. The summed E-state index contributed by atoms with van der Waals surface area (Å²) in [5.41, 5.74) is 14.3. The van der Waals surface area contributed by atoms with E-state index in [-0.39, 0.29) is 67.1 Å². The molecule has 4 fully saturated rings. The summed E-state index contributed by atoms with van der Waals surface area (Å²) in [6.45, 7) is 12.2. The van der Waals surface area contributed by atoms with Gasteiger partial charge in [0.15, 0.2) is 18.2 Å². The van der Waals surface area contributed by atoms with Crippen LogP contribution in [0.15, 0.2) is 89.0 Å². The van der Waals surface area contributed by atoms with Gasteiger partial charge in [-0.05, 0) is 73.2 Å². The number of rotatable bonds is 16. The second kappa shape index (κ2) is 21.4. The Kier molecular flexibility index (Phi) is 14.5. The summed E-state index contributed by atoms with van der Waals surface area (Å²) in [7, 11) is 0. The van der Waals surface area contributed by atoms with Crippen molar-refractivity contribution in [3.05, 3.63) is 102 Å². The van der Waals surface area contributed by atoms with Crippen LogP contribution < -0.4 is 30.3 Å². The van der Waals surface area contributed by atoms with Crippen LogP contribution >= 0.6 is 11.3 Å². The first-order valence-electron chi connectivity index (χ1n) is 25.0. The fourth-order valence-corrected chi connectivity index (χ4v) is 11.5. The molecule has 6 atom stereocenters. The molecular formula is C54H61N11O7S. The van der Waals surface area contributed by atoms with E-state index in [0.717, 1.165) is 72.1 Å². The normalized spacial score (nSPS) is 20.6. The molecule has 4 aliphatic rings. The van der Waals surface area contributed by atoms with Crippen molar-refractivity contribution in [2.75, 3.05) is 68.0 Å². The van der Waals surface area contributed by atoms with Crippen LogP contribution in [0.3, 0.4) is 0 Å². The smallest absolute Gasteiger partial charge is 0.255 e. The largest absolute Gasteiger partial charge is 0.507 e. The number of hydrogen-bond acceptors (Lipinski definition) is 17. The number of nitrogens with two attached hydrogens (primary N) is 1. The van der Waals surface area contributed by atoms with Gasteiger partial charge >= 0.3 is 0 Å². The molecule has 0 radical (unpaired) electrons. The predicted molar refractivity (Wildman–Crippen MR) is 277 cm³/mol. The van der Waals surface area contributed by atoms with Crippen LogP contribution in [0, 0.1) is 30.6 Å². The van der Waals surface area contributed by atoms with E-state index in [0.29, 0.717) is 47.8 Å². The number of phenolic OH excluding ortho intramolecular Hbond substituents is 1. The SMILES string of the molecule is Cc1ncsc1-c1ccc([C@H](C)NC(=O)[C@@H]2C[C@@H](O)CN2C(=O)[C@@H](c2cc(OCC#CCN3CC(COc4cc(N5C6CCC5CN(c5cc(-c7ccccc7O)nnc5N)C6)ccn4)C3)no2)C(C)C)cc1. The van der Waals surface area contributed by atoms with Crippen molar-refractivity contribution < 1.29 is 33.8 Å². The average Bonchev–Trinajstić information content (AvgIpc) is 4.17. The molecule has 6 aromatic rings. The van der Waals surface area contributed by atoms with E-state index in [4.69, 9.17) is 19.7 Å². The first kappa shape index (κ1) is 49.3. The molecule has 0 spiro atoms. The van der Waals surface area contributed by atoms with E-state index in [9.17, 15) is 19.8 Å². The van der Waals surface area contributed by atoms with Crippen LogP contribution in [0.4, 0.5) is 17.2 Å². The highest BCUT2D eigenvalue weighted by Crippen LogP contribution is 2.40. The fourth-order valence-electron chi connectivity index (χ4n) is 10.7. The Morgan fingerprint density at radius 1 is 0.932 bits per heavy atom. The van der Waals surface area contributed by atoms with Crippen molar-refractivity contribution in [3.63, 3.8) is 0 Å². The highest BCUT2D eigenvalue weighted by atomic mass is 32.1. The number of thiazole rings is 1. The third kappa shape index (κ3) is 10.8. The summed E-state index contributed by atoms with van der Waals surface area (Å²) >= 11 is 1.59. The van der Waals surface area contributed by atoms with Gasteiger partial charge in [0.05, 0.1) is 52.8 Å². The summed E-state index contributed by atoms with van der Waals surface area (Å²) in [5.74, 6) is 6.67. The number of nitrogens with zero attached hydrogens (tertiary/aromatic N) is 9. The number of amides is 2. The molecule has 8 heterocycles. The van der Waals surface area contributed by atoms with Gasteiger partial charge < -0.3 is 50.0 Å². The maximum Gasteiger partial charge on any atom is 0.255 e. The van der Waals surface area contributed by atoms with Crippen LogP contribution in [0.5, 0.6) is 17.5 Å². The number of anilines is 3.